The average Bonchev–Trinajstić information content (AvgIpc) is 3.13. The van der Waals surface area contributed by atoms with Crippen LogP contribution in [0.25, 0.3) is 41.3 Å². The summed E-state index contributed by atoms with van der Waals surface area (Å²) in [6, 6.07) is 36.6. The van der Waals surface area contributed by atoms with Crippen molar-refractivity contribution in [1.29, 1.82) is 0 Å². The number of pyridine rings is 1. The fourth-order valence-electron chi connectivity index (χ4n) is 5.52. The van der Waals surface area contributed by atoms with Gasteiger partial charge in [0, 0.05) is 69.2 Å². The Kier molecular flexibility index (Phi) is 13.2. The molecule has 4 nitrogen and oxygen atoms in total. The van der Waals surface area contributed by atoms with E-state index in [0.717, 1.165) is 40.6 Å². The summed E-state index contributed by atoms with van der Waals surface area (Å²) >= 11 is 0. The van der Waals surface area contributed by atoms with Gasteiger partial charge in [0.05, 0.1) is 5.39 Å². The van der Waals surface area contributed by atoms with Crippen LogP contribution >= 0.6 is 21.6 Å². The molecule has 0 aliphatic rings. The second-order valence-electron chi connectivity index (χ2n) is 12.0. The number of aromatic nitrogens is 1. The molecule has 49 heavy (non-hydrogen) atoms. The highest BCUT2D eigenvalue weighted by atomic mass is 33.1. The Bertz CT molecular complexity index is 2010. The molecule has 0 aliphatic heterocycles. The molecule has 0 amide bonds. The first kappa shape index (κ1) is 35.7. The number of para-hydroxylation sites is 1. The standard InChI is InChI=1S/C43H47N4S2/c1-34-10-6-7-11-41(34)37(26-28-44-2)20-14-35-16-22-39(23-17-35)45(3)30-32-48-49-33-31-46(4)40-24-18-36(19-25-40)15-21-38-27-29-47(5)43-13-9-8-12-42(38)43/h6-29,44H,1,30-33H2,2-5H3/q+1/b20-14+,28-26?,41-37-. The maximum atomic E-state index is 4.20. The van der Waals surface area contributed by atoms with E-state index in [0.29, 0.717) is 0 Å². The van der Waals surface area contributed by atoms with E-state index in [1.807, 2.05) is 47.0 Å². The van der Waals surface area contributed by atoms with E-state index < -0.39 is 0 Å². The minimum Gasteiger partial charge on any atom is -0.394 e. The van der Waals surface area contributed by atoms with Crippen LogP contribution in [0.3, 0.4) is 0 Å². The van der Waals surface area contributed by atoms with Gasteiger partial charge >= 0.3 is 0 Å². The zero-order valence-corrected chi connectivity index (χ0v) is 30.7. The molecule has 6 heteroatoms. The van der Waals surface area contributed by atoms with Crippen molar-refractivity contribution in [1.82, 2.24) is 5.32 Å². The molecule has 4 aromatic carbocycles. The molecule has 250 valence electrons. The maximum absolute atomic E-state index is 4.20. The maximum Gasteiger partial charge on any atom is 0.212 e. The summed E-state index contributed by atoms with van der Waals surface area (Å²) in [7, 11) is 12.2. The average molecular weight is 684 g/mol. The summed E-state index contributed by atoms with van der Waals surface area (Å²) in [4.78, 5) is 4.67. The van der Waals surface area contributed by atoms with Crippen molar-refractivity contribution < 1.29 is 4.57 Å². The smallest absolute Gasteiger partial charge is 0.212 e. The molecule has 0 saturated carbocycles. The van der Waals surface area contributed by atoms with Crippen molar-refractivity contribution in [2.75, 3.05) is 55.5 Å². The molecule has 0 saturated heterocycles. The first-order valence-electron chi connectivity index (χ1n) is 16.7. The van der Waals surface area contributed by atoms with Gasteiger partial charge in [0.15, 0.2) is 6.20 Å². The lowest BCUT2D eigenvalue weighted by molar-refractivity contribution is -0.644. The number of anilines is 2. The number of hydrogen-bond donors (Lipinski definition) is 1. The van der Waals surface area contributed by atoms with Crippen molar-refractivity contribution in [2.45, 2.75) is 0 Å². The first-order chi connectivity index (χ1) is 23.9. The second-order valence-corrected chi connectivity index (χ2v) is 14.7. The third-order valence-corrected chi connectivity index (χ3v) is 10.9. The molecule has 5 rings (SSSR count). The fourth-order valence-corrected chi connectivity index (χ4v) is 7.61. The topological polar surface area (TPSA) is 22.4 Å². The molecule has 1 N–H and O–H groups in total. The van der Waals surface area contributed by atoms with E-state index in [1.165, 1.54) is 39.0 Å². The number of allylic oxidation sites excluding steroid dienone is 2. The predicted molar refractivity (Wildman–Crippen MR) is 220 cm³/mol. The van der Waals surface area contributed by atoms with Crippen LogP contribution in [0.5, 0.6) is 0 Å². The number of rotatable bonds is 15. The summed E-state index contributed by atoms with van der Waals surface area (Å²) in [5, 5.41) is 6.50. The lowest BCUT2D eigenvalue weighted by Gasteiger charge is -2.20. The second kappa shape index (κ2) is 18.2. The Balaban J connectivity index is 1.04. The Morgan fingerprint density at radius 1 is 0.714 bits per heavy atom. The highest BCUT2D eigenvalue weighted by Crippen LogP contribution is 2.24. The van der Waals surface area contributed by atoms with E-state index >= 15 is 0 Å². The van der Waals surface area contributed by atoms with Crippen LogP contribution in [0.4, 0.5) is 11.4 Å². The van der Waals surface area contributed by atoms with Gasteiger partial charge in [-0.1, -0.05) is 113 Å². The lowest BCUT2D eigenvalue weighted by Crippen LogP contribution is -2.28. The van der Waals surface area contributed by atoms with Crippen molar-refractivity contribution >= 4 is 74.2 Å². The molecular weight excluding hydrogens is 637 g/mol. The van der Waals surface area contributed by atoms with Gasteiger partial charge in [-0.15, -0.1) is 0 Å². The monoisotopic (exact) mass is 683 g/mol. The van der Waals surface area contributed by atoms with Gasteiger partial charge in [0.1, 0.15) is 7.05 Å². The molecule has 0 radical (unpaired) electrons. The van der Waals surface area contributed by atoms with Gasteiger partial charge in [-0.05, 0) is 75.3 Å². The number of nitrogens with one attached hydrogen (secondary N) is 1. The molecule has 0 fully saturated rings. The molecule has 0 aliphatic carbocycles. The highest BCUT2D eigenvalue weighted by Gasteiger charge is 2.07. The SMILES string of the molecule is C=c1cccc/c1=C(C=CNC)\C=C\c1ccc(N(C)CCSSCCN(C)c2ccc(/C=C/c3cc[n+](C)c4ccccc34)cc2)cc1. The Labute approximate surface area is 300 Å². The van der Waals surface area contributed by atoms with Gasteiger partial charge in [-0.25, -0.2) is 4.57 Å². The van der Waals surface area contributed by atoms with Gasteiger partial charge in [0.2, 0.25) is 5.52 Å². The quantitative estimate of drug-likeness (QED) is 0.0690. The third kappa shape index (κ3) is 10.2. The minimum absolute atomic E-state index is 1.00. The van der Waals surface area contributed by atoms with Crippen LogP contribution < -0.4 is 30.1 Å². The molecule has 0 bridgehead atoms. The van der Waals surface area contributed by atoms with Crippen LogP contribution in [0.1, 0.15) is 16.7 Å². The molecular formula is C43H47N4S2+. The molecule has 0 unspecified atom stereocenters. The predicted octanol–water partition coefficient (Wildman–Crippen LogP) is 7.80. The zero-order valence-electron chi connectivity index (χ0n) is 29.1. The number of benzene rings is 4. The zero-order chi connectivity index (χ0) is 34.4. The van der Waals surface area contributed by atoms with Gasteiger partial charge in [0.25, 0.3) is 0 Å². The van der Waals surface area contributed by atoms with E-state index in [4.69, 9.17) is 0 Å². The lowest BCUT2D eigenvalue weighted by atomic mass is 10.1. The number of aryl methyl sites for hydroxylation is 1. The van der Waals surface area contributed by atoms with Crippen molar-refractivity contribution in [3.63, 3.8) is 0 Å². The van der Waals surface area contributed by atoms with Gasteiger partial charge < -0.3 is 15.1 Å². The first-order valence-corrected chi connectivity index (χ1v) is 19.1. The van der Waals surface area contributed by atoms with Crippen LogP contribution in [-0.4, -0.2) is 45.7 Å². The van der Waals surface area contributed by atoms with Crippen LogP contribution in [-0.2, 0) is 7.05 Å². The van der Waals surface area contributed by atoms with E-state index in [-0.39, 0.29) is 0 Å². The van der Waals surface area contributed by atoms with E-state index in [9.17, 15) is 0 Å². The molecule has 0 atom stereocenters. The normalized spacial score (nSPS) is 12.3. The minimum atomic E-state index is 1.00. The fraction of sp³-hybridized carbons (Fsp3) is 0.186. The summed E-state index contributed by atoms with van der Waals surface area (Å²) < 4.78 is 2.16. The summed E-state index contributed by atoms with van der Waals surface area (Å²) in [5.41, 5.74) is 8.44. The van der Waals surface area contributed by atoms with E-state index in [1.54, 1.807) is 0 Å². The highest BCUT2D eigenvalue weighted by molar-refractivity contribution is 8.76. The largest absolute Gasteiger partial charge is 0.394 e. The van der Waals surface area contributed by atoms with Crippen LogP contribution in [0, 0.1) is 0 Å². The summed E-state index contributed by atoms with van der Waals surface area (Å²) in [5.74, 6) is 2.15. The Morgan fingerprint density at radius 3 is 1.94 bits per heavy atom. The molecule has 0 spiro atoms. The van der Waals surface area contributed by atoms with Crippen molar-refractivity contribution in [3.8, 4) is 0 Å². The van der Waals surface area contributed by atoms with Crippen LogP contribution in [0.2, 0.25) is 0 Å². The third-order valence-electron chi connectivity index (χ3n) is 8.51. The van der Waals surface area contributed by atoms with E-state index in [2.05, 4.69) is 175 Å². The number of nitrogens with zero attached hydrogens (tertiary/aromatic N) is 3. The summed E-state index contributed by atoms with van der Waals surface area (Å²) in [6.07, 6.45) is 14.9. The van der Waals surface area contributed by atoms with Crippen molar-refractivity contribution in [2.24, 2.45) is 7.05 Å². The number of hydrogen-bond acceptors (Lipinski definition) is 5. The molecule has 5 aromatic rings. The molecule has 1 heterocycles. The Morgan fingerprint density at radius 2 is 1.31 bits per heavy atom. The molecule has 1 aromatic heterocycles. The van der Waals surface area contributed by atoms with Crippen molar-refractivity contribution in [3.05, 3.63) is 155 Å². The van der Waals surface area contributed by atoms with Gasteiger partial charge in [-0.3, -0.25) is 0 Å². The van der Waals surface area contributed by atoms with Crippen LogP contribution in [0.15, 0.2) is 128 Å². The Hall–Kier alpha value is -4.65. The summed E-state index contributed by atoms with van der Waals surface area (Å²) in [6.45, 7) is 6.21. The number of fused-ring (bicyclic) bond motifs is 1. The van der Waals surface area contributed by atoms with Gasteiger partial charge in [-0.2, -0.15) is 0 Å².